The van der Waals surface area contributed by atoms with Crippen LogP contribution in [0, 0.1) is 12.7 Å². The van der Waals surface area contributed by atoms with Crippen LogP contribution in [-0.2, 0) is 4.79 Å². The van der Waals surface area contributed by atoms with E-state index in [0.717, 1.165) is 11.1 Å². The van der Waals surface area contributed by atoms with Crippen LogP contribution >= 0.6 is 0 Å². The zero-order valence-electron chi connectivity index (χ0n) is 12.0. The quantitative estimate of drug-likeness (QED) is 0.907. The monoisotopic (exact) mass is 295 g/mol. The van der Waals surface area contributed by atoms with Crippen molar-refractivity contribution in [2.75, 3.05) is 5.32 Å². The number of benzene rings is 2. The number of hydrogen-bond acceptors (Lipinski definition) is 2. The van der Waals surface area contributed by atoms with Crippen molar-refractivity contribution in [1.82, 2.24) is 0 Å². The number of rotatable bonds is 2. The van der Waals surface area contributed by atoms with Crippen molar-refractivity contribution in [1.29, 1.82) is 0 Å². The molecule has 3 nitrogen and oxygen atoms in total. The van der Waals surface area contributed by atoms with Gasteiger partial charge in [0.1, 0.15) is 11.6 Å². The van der Waals surface area contributed by atoms with Crippen LogP contribution in [0.4, 0.5) is 10.1 Å². The molecule has 4 heteroatoms. The number of halogens is 1. The van der Waals surface area contributed by atoms with E-state index in [1.165, 1.54) is 18.4 Å². The van der Waals surface area contributed by atoms with Gasteiger partial charge in [-0.1, -0.05) is 17.7 Å². The average molecular weight is 295 g/mol. The third-order valence-corrected chi connectivity index (χ3v) is 3.26. The molecule has 110 valence electrons. The summed E-state index contributed by atoms with van der Waals surface area (Å²) in [6.07, 6.45) is 4.81. The average Bonchev–Trinajstić information content (AvgIpc) is 2.69. The molecule has 0 saturated heterocycles. The van der Waals surface area contributed by atoms with Crippen LogP contribution in [0.1, 0.15) is 11.1 Å². The molecule has 0 aromatic heterocycles. The standard InChI is InChI=1S/C18H14FNO2/c1-12-5-6-17-14(9-12)10-13(7-8-22-17)18(21)20-16-4-2-3-15(19)11-16/h2-11H,1H3,(H,20,21). The lowest BCUT2D eigenvalue weighted by Gasteiger charge is -2.06. The zero-order valence-corrected chi connectivity index (χ0v) is 12.0. The first kappa shape index (κ1) is 14.1. The van der Waals surface area contributed by atoms with Crippen molar-refractivity contribution in [3.05, 3.63) is 77.3 Å². The molecular formula is C18H14FNO2. The Morgan fingerprint density at radius 2 is 2.05 bits per heavy atom. The molecule has 1 aliphatic rings. The minimum atomic E-state index is -0.396. The number of ether oxygens (including phenoxy) is 1. The first-order valence-corrected chi connectivity index (χ1v) is 6.84. The number of carbonyl (C=O) groups is 1. The Labute approximate surface area is 127 Å². The number of nitrogens with one attached hydrogen (secondary N) is 1. The van der Waals surface area contributed by atoms with E-state index in [1.807, 2.05) is 25.1 Å². The van der Waals surface area contributed by atoms with Gasteiger partial charge in [-0.25, -0.2) is 4.39 Å². The minimum absolute atomic E-state index is 0.320. The fraction of sp³-hybridized carbons (Fsp3) is 0.0556. The van der Waals surface area contributed by atoms with E-state index in [0.29, 0.717) is 17.0 Å². The van der Waals surface area contributed by atoms with Crippen molar-refractivity contribution < 1.29 is 13.9 Å². The summed E-state index contributed by atoms with van der Waals surface area (Å²) in [7, 11) is 0. The van der Waals surface area contributed by atoms with Crippen molar-refractivity contribution in [3.8, 4) is 5.75 Å². The maximum absolute atomic E-state index is 13.2. The molecule has 1 N–H and O–H groups in total. The lowest BCUT2D eigenvalue weighted by atomic mass is 10.1. The number of carbonyl (C=O) groups excluding carboxylic acids is 1. The van der Waals surface area contributed by atoms with Crippen LogP contribution in [0.5, 0.6) is 5.75 Å². The second kappa shape index (κ2) is 5.85. The minimum Gasteiger partial charge on any atom is -0.464 e. The summed E-state index contributed by atoms with van der Waals surface area (Å²) >= 11 is 0. The first-order chi connectivity index (χ1) is 10.6. The second-order valence-corrected chi connectivity index (χ2v) is 5.03. The summed E-state index contributed by atoms with van der Waals surface area (Å²) in [5, 5.41) is 2.67. The maximum Gasteiger partial charge on any atom is 0.255 e. The van der Waals surface area contributed by atoms with Crippen LogP contribution in [0.3, 0.4) is 0 Å². The SMILES string of the molecule is Cc1ccc2c(c1)C=C(C(=O)Nc1cccc(F)c1)C=CO2. The fourth-order valence-electron chi connectivity index (χ4n) is 2.20. The Bertz CT molecular complexity index is 793. The number of hydrogen-bond donors (Lipinski definition) is 1. The molecule has 1 amide bonds. The van der Waals surface area contributed by atoms with Gasteiger partial charge in [0.05, 0.1) is 6.26 Å². The van der Waals surface area contributed by atoms with E-state index in [9.17, 15) is 9.18 Å². The summed E-state index contributed by atoms with van der Waals surface area (Å²) in [5.74, 6) is -0.0253. The molecule has 0 aliphatic carbocycles. The van der Waals surface area contributed by atoms with Gasteiger partial charge in [-0.3, -0.25) is 4.79 Å². The molecule has 0 bridgehead atoms. The number of aryl methyl sites for hydroxylation is 1. The molecule has 2 aromatic carbocycles. The van der Waals surface area contributed by atoms with Crippen molar-refractivity contribution in [2.24, 2.45) is 0 Å². The van der Waals surface area contributed by atoms with Gasteiger partial charge in [0, 0.05) is 16.8 Å². The van der Waals surface area contributed by atoms with Gasteiger partial charge in [-0.2, -0.15) is 0 Å². The predicted molar refractivity (Wildman–Crippen MR) is 84.0 cm³/mol. The summed E-state index contributed by atoms with van der Waals surface area (Å²) in [4.78, 5) is 12.3. The van der Waals surface area contributed by atoms with E-state index < -0.39 is 5.82 Å². The fourth-order valence-corrected chi connectivity index (χ4v) is 2.20. The predicted octanol–water partition coefficient (Wildman–Crippen LogP) is 4.06. The number of anilines is 1. The summed E-state index contributed by atoms with van der Waals surface area (Å²) < 4.78 is 18.6. The topological polar surface area (TPSA) is 38.3 Å². The normalized spacial score (nSPS) is 12.7. The molecular weight excluding hydrogens is 281 g/mol. The van der Waals surface area contributed by atoms with Crippen molar-refractivity contribution in [3.63, 3.8) is 0 Å². The van der Waals surface area contributed by atoms with E-state index in [-0.39, 0.29) is 5.91 Å². The maximum atomic E-state index is 13.2. The Morgan fingerprint density at radius 1 is 1.18 bits per heavy atom. The largest absolute Gasteiger partial charge is 0.464 e. The van der Waals surface area contributed by atoms with E-state index >= 15 is 0 Å². The highest BCUT2D eigenvalue weighted by Crippen LogP contribution is 2.26. The number of fused-ring (bicyclic) bond motifs is 1. The molecule has 2 aromatic rings. The molecule has 22 heavy (non-hydrogen) atoms. The van der Waals surface area contributed by atoms with Gasteiger partial charge in [0.2, 0.25) is 0 Å². The zero-order chi connectivity index (χ0) is 15.5. The highest BCUT2D eigenvalue weighted by Gasteiger charge is 2.12. The number of amides is 1. The Morgan fingerprint density at radius 3 is 2.86 bits per heavy atom. The molecule has 0 unspecified atom stereocenters. The summed E-state index contributed by atoms with van der Waals surface area (Å²) in [6, 6.07) is 11.5. The second-order valence-electron chi connectivity index (χ2n) is 5.03. The molecule has 1 heterocycles. The lowest BCUT2D eigenvalue weighted by Crippen LogP contribution is -2.13. The third kappa shape index (κ3) is 3.06. The molecule has 0 atom stereocenters. The summed E-state index contributed by atoms with van der Waals surface area (Å²) in [6.45, 7) is 1.97. The van der Waals surface area contributed by atoms with Gasteiger partial charge in [0.25, 0.3) is 5.91 Å². The highest BCUT2D eigenvalue weighted by atomic mass is 19.1. The van der Waals surface area contributed by atoms with Gasteiger partial charge >= 0.3 is 0 Å². The third-order valence-electron chi connectivity index (χ3n) is 3.26. The van der Waals surface area contributed by atoms with Gasteiger partial charge in [0.15, 0.2) is 0 Å². The Hall–Kier alpha value is -2.88. The molecule has 3 rings (SSSR count). The van der Waals surface area contributed by atoms with Crippen LogP contribution in [0.25, 0.3) is 6.08 Å². The highest BCUT2D eigenvalue weighted by molar-refractivity contribution is 6.09. The van der Waals surface area contributed by atoms with Crippen molar-refractivity contribution in [2.45, 2.75) is 6.92 Å². The van der Waals surface area contributed by atoms with Crippen LogP contribution in [0.2, 0.25) is 0 Å². The first-order valence-electron chi connectivity index (χ1n) is 6.84. The van der Waals surface area contributed by atoms with E-state index in [1.54, 1.807) is 24.3 Å². The molecule has 0 fully saturated rings. The molecule has 1 aliphatic heterocycles. The molecule has 0 spiro atoms. The van der Waals surface area contributed by atoms with E-state index in [4.69, 9.17) is 4.74 Å². The smallest absolute Gasteiger partial charge is 0.255 e. The van der Waals surface area contributed by atoms with Gasteiger partial charge in [-0.05, 0) is 49.4 Å². The van der Waals surface area contributed by atoms with Crippen molar-refractivity contribution >= 4 is 17.7 Å². The molecule has 0 saturated carbocycles. The Kier molecular flexibility index (Phi) is 3.74. The van der Waals surface area contributed by atoms with Crippen LogP contribution < -0.4 is 10.1 Å². The van der Waals surface area contributed by atoms with Crippen LogP contribution in [-0.4, -0.2) is 5.91 Å². The van der Waals surface area contributed by atoms with Gasteiger partial charge in [-0.15, -0.1) is 0 Å². The Balaban J connectivity index is 1.88. The van der Waals surface area contributed by atoms with Crippen LogP contribution in [0.15, 0.2) is 60.4 Å². The molecule has 0 radical (unpaired) electrons. The van der Waals surface area contributed by atoms with Gasteiger partial charge < -0.3 is 10.1 Å². The lowest BCUT2D eigenvalue weighted by molar-refractivity contribution is -0.112. The van der Waals surface area contributed by atoms with E-state index in [2.05, 4.69) is 5.32 Å². The summed E-state index contributed by atoms with van der Waals surface area (Å²) in [5.41, 5.74) is 2.75.